The average molecular weight is 308 g/mol. The molecule has 0 bridgehead atoms. The third kappa shape index (κ3) is 2.82. The van der Waals surface area contributed by atoms with Crippen LogP contribution in [0.15, 0.2) is 60.7 Å². The maximum Gasteiger partial charge on any atom is 0.415 e. The van der Waals surface area contributed by atoms with Crippen LogP contribution >= 0.6 is 0 Å². The van der Waals surface area contributed by atoms with Crippen LogP contribution in [0.3, 0.4) is 0 Å². The Labute approximate surface area is 136 Å². The number of carbonyl (C=O) groups excluding carboxylic acids is 1. The van der Waals surface area contributed by atoms with Crippen LogP contribution in [0.2, 0.25) is 0 Å². The van der Waals surface area contributed by atoms with Gasteiger partial charge in [0.05, 0.1) is 6.54 Å². The van der Waals surface area contributed by atoms with Crippen molar-refractivity contribution >= 4 is 11.8 Å². The molecule has 4 heteroatoms. The number of ether oxygens (including phenoxy) is 1. The Hall–Kier alpha value is -2.33. The lowest BCUT2D eigenvalue weighted by molar-refractivity contribution is 0.0629. The fourth-order valence-electron chi connectivity index (χ4n) is 3.55. The van der Waals surface area contributed by atoms with Crippen LogP contribution in [-0.4, -0.2) is 36.2 Å². The van der Waals surface area contributed by atoms with E-state index in [-0.39, 0.29) is 11.7 Å². The summed E-state index contributed by atoms with van der Waals surface area (Å²) in [4.78, 5) is 16.4. The first-order chi connectivity index (χ1) is 11.2. The quantitative estimate of drug-likeness (QED) is 0.872. The first-order valence-electron chi connectivity index (χ1n) is 8.06. The van der Waals surface area contributed by atoms with Gasteiger partial charge in [-0.25, -0.2) is 4.79 Å². The van der Waals surface area contributed by atoms with E-state index in [1.54, 1.807) is 4.90 Å². The standard InChI is InChI=1S/C19H20N2O2/c22-18-21(17-9-5-2-6-10-17)15-19(23-18)11-12-20(14-19)13-16-7-3-1-4-8-16/h1-10H,11-15H2. The van der Waals surface area contributed by atoms with Crippen molar-refractivity contribution in [2.75, 3.05) is 24.5 Å². The van der Waals surface area contributed by atoms with Crippen molar-refractivity contribution in [2.45, 2.75) is 18.6 Å². The Morgan fingerprint density at radius 2 is 1.65 bits per heavy atom. The van der Waals surface area contributed by atoms with Gasteiger partial charge in [0.1, 0.15) is 5.60 Å². The lowest BCUT2D eigenvalue weighted by atomic mass is 10.0. The summed E-state index contributed by atoms with van der Waals surface area (Å²) in [6.45, 7) is 3.31. The van der Waals surface area contributed by atoms with Gasteiger partial charge < -0.3 is 4.74 Å². The van der Waals surface area contributed by atoms with Crippen molar-refractivity contribution in [2.24, 2.45) is 0 Å². The molecule has 0 saturated carbocycles. The van der Waals surface area contributed by atoms with Crippen molar-refractivity contribution in [3.05, 3.63) is 66.2 Å². The number of para-hydroxylation sites is 1. The summed E-state index contributed by atoms with van der Waals surface area (Å²) in [5.41, 5.74) is 1.85. The minimum Gasteiger partial charge on any atom is -0.439 e. The smallest absolute Gasteiger partial charge is 0.415 e. The number of benzene rings is 2. The van der Waals surface area contributed by atoms with Crippen molar-refractivity contribution in [1.82, 2.24) is 4.90 Å². The molecule has 4 rings (SSSR count). The van der Waals surface area contributed by atoms with Gasteiger partial charge in [-0.2, -0.15) is 0 Å². The molecule has 1 amide bonds. The second-order valence-electron chi connectivity index (χ2n) is 6.42. The van der Waals surface area contributed by atoms with Crippen molar-refractivity contribution in [3.8, 4) is 0 Å². The molecule has 0 radical (unpaired) electrons. The van der Waals surface area contributed by atoms with E-state index in [2.05, 4.69) is 29.2 Å². The molecular weight excluding hydrogens is 288 g/mol. The van der Waals surface area contributed by atoms with Crippen LogP contribution in [-0.2, 0) is 11.3 Å². The molecular formula is C19H20N2O2. The van der Waals surface area contributed by atoms with E-state index in [1.807, 2.05) is 36.4 Å². The minimum atomic E-state index is -0.359. The van der Waals surface area contributed by atoms with E-state index in [0.29, 0.717) is 6.54 Å². The largest absolute Gasteiger partial charge is 0.439 e. The maximum absolute atomic E-state index is 12.3. The Balaban J connectivity index is 1.45. The monoisotopic (exact) mass is 308 g/mol. The summed E-state index contributed by atoms with van der Waals surface area (Å²) < 4.78 is 5.79. The van der Waals surface area contributed by atoms with Crippen molar-refractivity contribution < 1.29 is 9.53 Å². The molecule has 118 valence electrons. The predicted molar refractivity (Wildman–Crippen MR) is 89.3 cm³/mol. The fraction of sp³-hybridized carbons (Fsp3) is 0.316. The second kappa shape index (κ2) is 5.70. The fourth-order valence-corrected chi connectivity index (χ4v) is 3.55. The molecule has 0 aromatic heterocycles. The molecule has 2 fully saturated rings. The number of amides is 1. The molecule has 2 saturated heterocycles. The number of carbonyl (C=O) groups is 1. The average Bonchev–Trinajstić information content (AvgIpc) is 3.12. The van der Waals surface area contributed by atoms with Crippen LogP contribution < -0.4 is 4.90 Å². The Morgan fingerprint density at radius 1 is 0.957 bits per heavy atom. The van der Waals surface area contributed by atoms with E-state index < -0.39 is 0 Å². The summed E-state index contributed by atoms with van der Waals surface area (Å²) in [6.07, 6.45) is 0.673. The van der Waals surface area contributed by atoms with Gasteiger partial charge in [0, 0.05) is 31.7 Å². The number of anilines is 1. The van der Waals surface area contributed by atoms with E-state index in [1.165, 1.54) is 5.56 Å². The van der Waals surface area contributed by atoms with E-state index in [9.17, 15) is 4.79 Å². The van der Waals surface area contributed by atoms with Crippen LogP contribution in [0, 0.1) is 0 Å². The molecule has 1 unspecified atom stereocenters. The molecule has 2 aliphatic rings. The molecule has 2 aromatic carbocycles. The highest BCUT2D eigenvalue weighted by molar-refractivity contribution is 5.90. The first-order valence-corrected chi connectivity index (χ1v) is 8.06. The number of nitrogens with zero attached hydrogens (tertiary/aromatic N) is 2. The Morgan fingerprint density at radius 3 is 2.39 bits per heavy atom. The summed E-state index contributed by atoms with van der Waals surface area (Å²) in [5, 5.41) is 0. The van der Waals surface area contributed by atoms with Crippen LogP contribution in [0.4, 0.5) is 10.5 Å². The molecule has 2 aromatic rings. The Kier molecular flexibility index (Phi) is 3.54. The number of rotatable bonds is 3. The van der Waals surface area contributed by atoms with E-state index in [0.717, 1.165) is 31.7 Å². The summed E-state index contributed by atoms with van der Waals surface area (Å²) >= 11 is 0. The third-order valence-corrected chi connectivity index (χ3v) is 4.68. The predicted octanol–water partition coefficient (Wildman–Crippen LogP) is 3.29. The maximum atomic E-state index is 12.3. The Bertz CT molecular complexity index is 689. The molecule has 0 aliphatic carbocycles. The molecule has 0 N–H and O–H groups in total. The topological polar surface area (TPSA) is 32.8 Å². The first kappa shape index (κ1) is 14.3. The minimum absolute atomic E-state index is 0.224. The zero-order valence-electron chi connectivity index (χ0n) is 13.0. The molecule has 23 heavy (non-hydrogen) atoms. The van der Waals surface area contributed by atoms with Gasteiger partial charge in [-0.05, 0) is 17.7 Å². The highest BCUT2D eigenvalue weighted by Gasteiger charge is 2.49. The molecule has 2 heterocycles. The molecule has 1 spiro atoms. The molecule has 4 nitrogen and oxygen atoms in total. The second-order valence-corrected chi connectivity index (χ2v) is 6.42. The van der Waals surface area contributed by atoms with E-state index >= 15 is 0 Å². The van der Waals surface area contributed by atoms with Crippen LogP contribution in [0.25, 0.3) is 0 Å². The molecule has 1 atom stereocenters. The van der Waals surface area contributed by atoms with Gasteiger partial charge in [0.2, 0.25) is 0 Å². The van der Waals surface area contributed by atoms with Gasteiger partial charge in [0.25, 0.3) is 0 Å². The highest BCUT2D eigenvalue weighted by Crippen LogP contribution is 2.35. The van der Waals surface area contributed by atoms with E-state index in [4.69, 9.17) is 4.74 Å². The van der Waals surface area contributed by atoms with Crippen LogP contribution in [0.1, 0.15) is 12.0 Å². The van der Waals surface area contributed by atoms with Gasteiger partial charge in [0.15, 0.2) is 0 Å². The number of hydrogen-bond acceptors (Lipinski definition) is 3. The normalized spacial score (nSPS) is 24.3. The summed E-state index contributed by atoms with van der Waals surface area (Å²) in [7, 11) is 0. The van der Waals surface area contributed by atoms with Crippen molar-refractivity contribution in [1.29, 1.82) is 0 Å². The third-order valence-electron chi connectivity index (χ3n) is 4.68. The van der Waals surface area contributed by atoms with Gasteiger partial charge in [-0.3, -0.25) is 9.80 Å². The highest BCUT2D eigenvalue weighted by atomic mass is 16.6. The van der Waals surface area contributed by atoms with Crippen LogP contribution in [0.5, 0.6) is 0 Å². The summed E-state index contributed by atoms with van der Waals surface area (Å²) in [6, 6.07) is 20.2. The molecule has 2 aliphatic heterocycles. The SMILES string of the molecule is O=C1OC2(CCN(Cc3ccccc3)C2)CN1c1ccccc1. The lowest BCUT2D eigenvalue weighted by Crippen LogP contribution is -2.37. The van der Waals surface area contributed by atoms with Gasteiger partial charge in [-0.1, -0.05) is 48.5 Å². The number of likely N-dealkylation sites (tertiary alicyclic amines) is 1. The number of hydrogen-bond donors (Lipinski definition) is 0. The zero-order valence-corrected chi connectivity index (χ0v) is 13.0. The van der Waals surface area contributed by atoms with Gasteiger partial charge >= 0.3 is 6.09 Å². The zero-order chi connectivity index (χ0) is 15.7. The van der Waals surface area contributed by atoms with Crippen molar-refractivity contribution in [3.63, 3.8) is 0 Å². The lowest BCUT2D eigenvalue weighted by Gasteiger charge is -2.22. The van der Waals surface area contributed by atoms with Gasteiger partial charge in [-0.15, -0.1) is 0 Å². The summed E-state index contributed by atoms with van der Waals surface area (Å²) in [5.74, 6) is 0.